The molecule has 0 saturated heterocycles. The summed E-state index contributed by atoms with van der Waals surface area (Å²) in [6, 6.07) is 14.1. The molecule has 0 aliphatic rings. The Morgan fingerprint density at radius 3 is 1.44 bits per heavy atom. The number of alkyl halides is 3. The topological polar surface area (TPSA) is 23.5 Å². The number of phenolic OH excluding ortho intramolecular Hbond substituents is 1. The molecule has 6 heteroatoms. The highest BCUT2D eigenvalue weighted by atomic mass is 19.4. The van der Waals surface area contributed by atoms with Gasteiger partial charge in [-0.2, -0.15) is 13.2 Å². The van der Waals surface area contributed by atoms with Crippen LogP contribution < -0.4 is 15.7 Å². The number of phenols is 1. The number of aromatic hydroxyl groups is 1. The van der Waals surface area contributed by atoms with Crippen LogP contribution in [0.2, 0.25) is 0 Å². The molecule has 2 nitrogen and oxygen atoms in total. The minimum atomic E-state index is -4.41. The molecule has 0 radical (unpaired) electrons. The van der Waals surface area contributed by atoms with E-state index in [0.29, 0.717) is 5.69 Å². The van der Waals surface area contributed by atoms with Gasteiger partial charge in [-0.1, -0.05) is 57.6 Å². The summed E-state index contributed by atoms with van der Waals surface area (Å²) in [6.07, 6.45) is -4.41. The Hall–Kier alpha value is -2.89. The molecular formula is C26H29BF3NO. The maximum atomic E-state index is 13.9. The summed E-state index contributed by atoms with van der Waals surface area (Å²) in [7, 11) is 0. The van der Waals surface area contributed by atoms with Crippen LogP contribution >= 0.6 is 0 Å². The van der Waals surface area contributed by atoms with Gasteiger partial charge < -0.3 is 9.92 Å². The lowest BCUT2D eigenvalue weighted by Gasteiger charge is -2.36. The number of rotatable bonds is 5. The van der Waals surface area contributed by atoms with Crippen molar-refractivity contribution in [3.8, 4) is 5.75 Å². The standard InChI is InChI=1S/C26H29BF3NO/c1-16-11-18(3)24(19(4)12-16)27(25-20(5)13-17(2)14-21(25)6)31(15-26(28,29)30)22-7-9-23(32)10-8-22/h7-14,32H,15H2,1-6H3. The van der Waals surface area contributed by atoms with Gasteiger partial charge in [-0.3, -0.25) is 0 Å². The second kappa shape index (κ2) is 8.93. The average Bonchev–Trinajstić information content (AvgIpc) is 2.63. The second-order valence-electron chi connectivity index (χ2n) is 8.79. The molecule has 0 spiro atoms. The summed E-state index contributed by atoms with van der Waals surface area (Å²) in [5.41, 5.74) is 8.14. The quantitative estimate of drug-likeness (QED) is 0.537. The zero-order chi connectivity index (χ0) is 23.8. The SMILES string of the molecule is Cc1cc(C)c(B(c2c(C)cc(C)cc2C)N(CC(F)(F)F)c2ccc(O)cc2)c(C)c1. The molecule has 0 amide bonds. The maximum absolute atomic E-state index is 13.9. The molecule has 0 heterocycles. The number of aryl methyl sites for hydroxylation is 6. The van der Waals surface area contributed by atoms with Crippen molar-refractivity contribution in [3.63, 3.8) is 0 Å². The van der Waals surface area contributed by atoms with Crippen molar-refractivity contribution < 1.29 is 18.3 Å². The van der Waals surface area contributed by atoms with Crippen LogP contribution in [0.5, 0.6) is 5.75 Å². The predicted molar refractivity (Wildman–Crippen MR) is 128 cm³/mol. The molecule has 1 N–H and O–H groups in total. The highest BCUT2D eigenvalue weighted by Gasteiger charge is 2.40. The van der Waals surface area contributed by atoms with Crippen molar-refractivity contribution in [1.82, 2.24) is 0 Å². The van der Waals surface area contributed by atoms with E-state index >= 15 is 0 Å². The predicted octanol–water partition coefficient (Wildman–Crippen LogP) is 5.42. The molecule has 3 aromatic rings. The van der Waals surface area contributed by atoms with Crippen LogP contribution in [-0.4, -0.2) is 24.7 Å². The summed E-state index contributed by atoms with van der Waals surface area (Å²) < 4.78 is 41.7. The van der Waals surface area contributed by atoms with Gasteiger partial charge in [-0.05, 0) is 76.7 Å². The van der Waals surface area contributed by atoms with Crippen LogP contribution in [0.3, 0.4) is 0 Å². The van der Waals surface area contributed by atoms with E-state index in [2.05, 4.69) is 0 Å². The Kier molecular flexibility index (Phi) is 6.63. The van der Waals surface area contributed by atoms with Crippen LogP contribution in [0.15, 0.2) is 48.5 Å². The van der Waals surface area contributed by atoms with E-state index in [-0.39, 0.29) is 5.75 Å². The van der Waals surface area contributed by atoms with E-state index in [1.165, 1.54) is 16.9 Å². The Labute approximate surface area is 188 Å². The van der Waals surface area contributed by atoms with E-state index in [4.69, 9.17) is 0 Å². The van der Waals surface area contributed by atoms with E-state index in [0.717, 1.165) is 44.3 Å². The first-order valence-electron chi connectivity index (χ1n) is 10.7. The lowest BCUT2D eigenvalue weighted by atomic mass is 9.45. The maximum Gasteiger partial charge on any atom is 0.404 e. The molecule has 3 rings (SSSR count). The van der Waals surface area contributed by atoms with Gasteiger partial charge in [0.25, 0.3) is 0 Å². The zero-order valence-corrected chi connectivity index (χ0v) is 19.4. The minimum Gasteiger partial charge on any atom is -0.508 e. The minimum absolute atomic E-state index is 0.0163. The third-order valence-electron chi connectivity index (χ3n) is 5.87. The molecule has 3 aromatic carbocycles. The average molecular weight is 439 g/mol. The molecule has 0 unspecified atom stereocenters. The summed E-state index contributed by atoms with van der Waals surface area (Å²) in [5.74, 6) is 0.0163. The van der Waals surface area contributed by atoms with Crippen LogP contribution in [0.25, 0.3) is 0 Å². The highest BCUT2D eigenvalue weighted by Crippen LogP contribution is 2.27. The monoisotopic (exact) mass is 439 g/mol. The molecule has 0 saturated carbocycles. The molecule has 0 bridgehead atoms. The molecule has 0 aliphatic carbocycles. The lowest BCUT2D eigenvalue weighted by molar-refractivity contribution is -0.117. The van der Waals surface area contributed by atoms with E-state index in [9.17, 15) is 18.3 Å². The number of anilines is 1. The summed E-state index contributed by atoms with van der Waals surface area (Å²) >= 11 is 0. The fourth-order valence-electron chi connectivity index (χ4n) is 4.87. The number of halogens is 3. The van der Waals surface area contributed by atoms with Crippen molar-refractivity contribution in [2.24, 2.45) is 0 Å². The first-order valence-corrected chi connectivity index (χ1v) is 10.7. The largest absolute Gasteiger partial charge is 0.508 e. The van der Waals surface area contributed by atoms with Gasteiger partial charge in [0, 0.05) is 5.69 Å². The first kappa shape index (κ1) is 23.8. The van der Waals surface area contributed by atoms with Gasteiger partial charge in [0.15, 0.2) is 0 Å². The molecule has 168 valence electrons. The summed E-state index contributed by atoms with van der Waals surface area (Å²) in [4.78, 5) is 1.41. The van der Waals surface area contributed by atoms with Crippen molar-refractivity contribution in [1.29, 1.82) is 0 Å². The van der Waals surface area contributed by atoms with Crippen molar-refractivity contribution >= 4 is 23.5 Å². The molecule has 0 atom stereocenters. The van der Waals surface area contributed by atoms with Crippen LogP contribution in [0, 0.1) is 41.5 Å². The third-order valence-corrected chi connectivity index (χ3v) is 5.87. The Morgan fingerprint density at radius 1 is 0.719 bits per heavy atom. The summed E-state index contributed by atoms with van der Waals surface area (Å²) in [6.45, 7) is 10.1. The Balaban J connectivity index is 2.37. The van der Waals surface area contributed by atoms with E-state index in [1.807, 2.05) is 65.8 Å². The van der Waals surface area contributed by atoms with E-state index < -0.39 is 19.6 Å². The number of hydrogen-bond donors (Lipinski definition) is 1. The van der Waals surface area contributed by atoms with Crippen LogP contribution in [-0.2, 0) is 0 Å². The van der Waals surface area contributed by atoms with E-state index in [1.54, 1.807) is 12.1 Å². The Morgan fingerprint density at radius 2 is 1.09 bits per heavy atom. The fraction of sp³-hybridized carbons (Fsp3) is 0.308. The van der Waals surface area contributed by atoms with Crippen molar-refractivity contribution in [3.05, 3.63) is 81.9 Å². The van der Waals surface area contributed by atoms with Gasteiger partial charge >= 0.3 is 13.0 Å². The van der Waals surface area contributed by atoms with Crippen molar-refractivity contribution in [2.75, 3.05) is 11.4 Å². The van der Waals surface area contributed by atoms with Gasteiger partial charge in [-0.25, -0.2) is 0 Å². The third kappa shape index (κ3) is 5.12. The normalized spacial score (nSPS) is 11.5. The van der Waals surface area contributed by atoms with Crippen LogP contribution in [0.4, 0.5) is 18.9 Å². The number of nitrogens with zero attached hydrogens (tertiary/aromatic N) is 1. The van der Waals surface area contributed by atoms with Crippen LogP contribution in [0.1, 0.15) is 33.4 Å². The molecule has 0 aromatic heterocycles. The van der Waals surface area contributed by atoms with Gasteiger partial charge in [0.05, 0.1) is 0 Å². The summed E-state index contributed by atoms with van der Waals surface area (Å²) in [5, 5.41) is 9.74. The lowest BCUT2D eigenvalue weighted by Crippen LogP contribution is -2.62. The van der Waals surface area contributed by atoms with Gasteiger partial charge in [-0.15, -0.1) is 0 Å². The fourth-order valence-corrected chi connectivity index (χ4v) is 4.87. The highest BCUT2D eigenvalue weighted by molar-refractivity contribution is 6.89. The smallest absolute Gasteiger partial charge is 0.404 e. The molecule has 32 heavy (non-hydrogen) atoms. The first-order chi connectivity index (χ1) is 14.9. The Bertz CT molecular complexity index is 1020. The second-order valence-corrected chi connectivity index (χ2v) is 8.79. The molecular weight excluding hydrogens is 410 g/mol. The van der Waals surface area contributed by atoms with Gasteiger partial charge in [0.1, 0.15) is 12.3 Å². The number of benzene rings is 3. The number of hydrogen-bond acceptors (Lipinski definition) is 2. The zero-order valence-electron chi connectivity index (χ0n) is 19.4. The molecule has 0 aliphatic heterocycles. The van der Waals surface area contributed by atoms with Crippen molar-refractivity contribution in [2.45, 2.75) is 47.7 Å². The molecule has 0 fully saturated rings. The van der Waals surface area contributed by atoms with Gasteiger partial charge in [0.2, 0.25) is 0 Å².